The predicted octanol–water partition coefficient (Wildman–Crippen LogP) is 2.62. The van der Waals surface area contributed by atoms with Crippen LogP contribution in [0.1, 0.15) is 13.3 Å². The third-order valence-electron chi connectivity index (χ3n) is 2.20. The molecular weight excluding hydrogens is 246 g/mol. The van der Waals surface area contributed by atoms with Gasteiger partial charge in [-0.3, -0.25) is 4.79 Å². The molecule has 16 heavy (non-hydrogen) atoms. The summed E-state index contributed by atoms with van der Waals surface area (Å²) in [7, 11) is 0. The van der Waals surface area contributed by atoms with Crippen LogP contribution in [0, 0.1) is 0 Å². The Labute approximate surface area is 104 Å². The average Bonchev–Trinajstić information content (AvgIpc) is 2.20. The number of carboxylic acid groups (broad SMARTS) is 1. The maximum absolute atomic E-state index is 10.8. The van der Waals surface area contributed by atoms with Gasteiger partial charge in [0, 0.05) is 10.6 Å². The molecule has 1 aromatic carbocycles. The fraction of sp³-hybridized carbons (Fsp3) is 0.364. The molecule has 1 atom stereocenters. The van der Waals surface area contributed by atoms with Gasteiger partial charge in [0.1, 0.15) is 5.54 Å². The van der Waals surface area contributed by atoms with Crippen LogP contribution in [0.4, 0.5) is 0 Å². The molecule has 0 aliphatic carbocycles. The van der Waals surface area contributed by atoms with Crippen molar-refractivity contribution in [1.82, 2.24) is 0 Å². The number of aliphatic carboxylic acids is 1. The number of carboxylic acids is 1. The number of nitrogens with two attached hydrogens (primary N) is 1. The monoisotopic (exact) mass is 259 g/mol. The molecule has 0 saturated carbocycles. The molecule has 0 fully saturated rings. The minimum Gasteiger partial charge on any atom is -0.480 e. The summed E-state index contributed by atoms with van der Waals surface area (Å²) in [5, 5.41) is 9.51. The average molecular weight is 260 g/mol. The molecule has 88 valence electrons. The van der Waals surface area contributed by atoms with Crippen molar-refractivity contribution in [2.45, 2.75) is 23.8 Å². The van der Waals surface area contributed by atoms with E-state index in [0.29, 0.717) is 17.2 Å². The van der Waals surface area contributed by atoms with Crippen molar-refractivity contribution in [2.24, 2.45) is 5.73 Å². The first kappa shape index (κ1) is 13.4. The topological polar surface area (TPSA) is 63.3 Å². The molecule has 1 unspecified atom stereocenters. The zero-order chi connectivity index (χ0) is 12.2. The Balaban J connectivity index is 2.48. The van der Waals surface area contributed by atoms with E-state index in [1.807, 2.05) is 24.3 Å². The first-order chi connectivity index (χ1) is 7.43. The second-order valence-electron chi connectivity index (χ2n) is 3.75. The van der Waals surface area contributed by atoms with E-state index in [1.165, 1.54) is 18.7 Å². The minimum atomic E-state index is -1.17. The van der Waals surface area contributed by atoms with E-state index < -0.39 is 11.5 Å². The molecule has 0 amide bonds. The van der Waals surface area contributed by atoms with Crippen molar-refractivity contribution in [3.63, 3.8) is 0 Å². The summed E-state index contributed by atoms with van der Waals surface area (Å²) in [5.74, 6) is -0.351. The van der Waals surface area contributed by atoms with E-state index in [1.54, 1.807) is 0 Å². The quantitative estimate of drug-likeness (QED) is 0.798. The summed E-state index contributed by atoms with van der Waals surface area (Å²) in [5.41, 5.74) is 4.44. The van der Waals surface area contributed by atoms with E-state index in [-0.39, 0.29) is 0 Å². The second-order valence-corrected chi connectivity index (χ2v) is 5.30. The van der Waals surface area contributed by atoms with Crippen LogP contribution >= 0.6 is 23.4 Å². The highest BCUT2D eigenvalue weighted by Gasteiger charge is 2.27. The predicted molar refractivity (Wildman–Crippen MR) is 67.0 cm³/mol. The maximum Gasteiger partial charge on any atom is 0.323 e. The lowest BCUT2D eigenvalue weighted by molar-refractivity contribution is -0.142. The summed E-state index contributed by atoms with van der Waals surface area (Å²) < 4.78 is 0. The number of hydrogen-bond donors (Lipinski definition) is 2. The lowest BCUT2D eigenvalue weighted by atomic mass is 10.0. The lowest BCUT2D eigenvalue weighted by Crippen LogP contribution is -2.45. The fourth-order valence-electron chi connectivity index (χ4n) is 1.04. The Bertz CT molecular complexity index is 382. The zero-order valence-corrected chi connectivity index (χ0v) is 10.5. The van der Waals surface area contributed by atoms with Crippen molar-refractivity contribution in [3.05, 3.63) is 29.3 Å². The normalized spacial score (nSPS) is 14.4. The van der Waals surface area contributed by atoms with Gasteiger partial charge in [0.25, 0.3) is 0 Å². The van der Waals surface area contributed by atoms with Gasteiger partial charge < -0.3 is 10.8 Å². The summed E-state index contributed by atoms with van der Waals surface area (Å²) in [4.78, 5) is 11.7. The minimum absolute atomic E-state index is 0.401. The van der Waals surface area contributed by atoms with E-state index in [9.17, 15) is 4.79 Å². The zero-order valence-electron chi connectivity index (χ0n) is 8.94. The highest BCUT2D eigenvalue weighted by Crippen LogP contribution is 2.28. The van der Waals surface area contributed by atoms with Gasteiger partial charge in [0.15, 0.2) is 0 Å². The number of thioether (sulfide) groups is 1. The fourth-order valence-corrected chi connectivity index (χ4v) is 2.47. The molecule has 0 heterocycles. The third-order valence-corrected chi connectivity index (χ3v) is 3.72. The molecule has 3 N–H and O–H groups in total. The molecule has 3 nitrogen and oxygen atoms in total. The van der Waals surface area contributed by atoms with Crippen LogP contribution in [0.2, 0.25) is 5.02 Å². The van der Waals surface area contributed by atoms with Crippen molar-refractivity contribution in [3.8, 4) is 0 Å². The van der Waals surface area contributed by atoms with Gasteiger partial charge in [0.05, 0.1) is 5.02 Å². The largest absolute Gasteiger partial charge is 0.480 e. The highest BCUT2D eigenvalue weighted by atomic mass is 35.5. The molecule has 1 aromatic rings. The number of halogens is 1. The molecule has 0 bridgehead atoms. The molecule has 0 saturated heterocycles. The molecular formula is C11H14ClNO2S. The van der Waals surface area contributed by atoms with Gasteiger partial charge in [-0.1, -0.05) is 23.7 Å². The summed E-state index contributed by atoms with van der Waals surface area (Å²) in [6, 6.07) is 7.47. The number of benzene rings is 1. The van der Waals surface area contributed by atoms with E-state index in [0.717, 1.165) is 4.90 Å². The van der Waals surface area contributed by atoms with Crippen LogP contribution in [0.15, 0.2) is 29.2 Å². The Morgan fingerprint density at radius 1 is 1.56 bits per heavy atom. The second kappa shape index (κ2) is 5.57. The Kier molecular flexibility index (Phi) is 4.65. The molecule has 0 aliphatic rings. The third kappa shape index (κ3) is 3.70. The number of hydrogen-bond acceptors (Lipinski definition) is 3. The standard InChI is InChI=1S/C11H14ClNO2S/c1-11(13,10(14)15)6-7-16-9-5-3-2-4-8(9)12/h2-5H,6-7,13H2,1H3,(H,14,15). The van der Waals surface area contributed by atoms with Gasteiger partial charge in [0.2, 0.25) is 0 Å². The lowest BCUT2D eigenvalue weighted by Gasteiger charge is -2.18. The maximum atomic E-state index is 10.8. The number of rotatable bonds is 5. The number of carbonyl (C=O) groups is 1. The highest BCUT2D eigenvalue weighted by molar-refractivity contribution is 7.99. The first-order valence-electron chi connectivity index (χ1n) is 4.83. The molecule has 0 spiro atoms. The SMILES string of the molecule is CC(N)(CCSc1ccccc1Cl)C(=O)O. The van der Waals surface area contributed by atoms with Crippen LogP contribution in [0.5, 0.6) is 0 Å². The van der Waals surface area contributed by atoms with Gasteiger partial charge >= 0.3 is 5.97 Å². The van der Waals surface area contributed by atoms with Crippen molar-refractivity contribution in [1.29, 1.82) is 0 Å². The van der Waals surface area contributed by atoms with Gasteiger partial charge in [-0.25, -0.2) is 0 Å². The van der Waals surface area contributed by atoms with Crippen molar-refractivity contribution in [2.75, 3.05) is 5.75 Å². The Morgan fingerprint density at radius 3 is 2.75 bits per heavy atom. The van der Waals surface area contributed by atoms with Crippen LogP contribution in [0.3, 0.4) is 0 Å². The van der Waals surface area contributed by atoms with Crippen molar-refractivity contribution >= 4 is 29.3 Å². The molecule has 1 rings (SSSR count). The van der Waals surface area contributed by atoms with Crippen LogP contribution in [-0.2, 0) is 4.79 Å². The van der Waals surface area contributed by atoms with Crippen LogP contribution in [-0.4, -0.2) is 22.4 Å². The van der Waals surface area contributed by atoms with Gasteiger partial charge in [-0.15, -0.1) is 11.8 Å². The summed E-state index contributed by atoms with van der Waals surface area (Å²) in [6.45, 7) is 1.52. The Morgan fingerprint density at radius 2 is 2.19 bits per heavy atom. The molecule has 5 heteroatoms. The first-order valence-corrected chi connectivity index (χ1v) is 6.19. The van der Waals surface area contributed by atoms with E-state index in [4.69, 9.17) is 22.4 Å². The van der Waals surface area contributed by atoms with Crippen LogP contribution in [0.25, 0.3) is 0 Å². The smallest absolute Gasteiger partial charge is 0.323 e. The van der Waals surface area contributed by atoms with Crippen molar-refractivity contribution < 1.29 is 9.90 Å². The molecule has 0 aromatic heterocycles. The molecule has 0 aliphatic heterocycles. The summed E-state index contributed by atoms with van der Waals surface area (Å²) in [6.07, 6.45) is 0.401. The van der Waals surface area contributed by atoms with E-state index >= 15 is 0 Å². The summed E-state index contributed by atoms with van der Waals surface area (Å²) >= 11 is 7.48. The van der Waals surface area contributed by atoms with Gasteiger partial charge in [-0.2, -0.15) is 0 Å². The Hall–Kier alpha value is -0.710. The van der Waals surface area contributed by atoms with E-state index in [2.05, 4.69) is 0 Å². The van der Waals surface area contributed by atoms with Gasteiger partial charge in [-0.05, 0) is 25.5 Å². The molecule has 0 radical (unpaired) electrons. The van der Waals surface area contributed by atoms with Crippen LogP contribution < -0.4 is 5.73 Å².